The quantitative estimate of drug-likeness (QED) is 0.845. The number of rotatable bonds is 3. The Bertz CT molecular complexity index is 538. The lowest BCUT2D eigenvalue weighted by atomic mass is 9.88. The van der Waals surface area contributed by atoms with Gasteiger partial charge in [0.25, 0.3) is 0 Å². The first kappa shape index (κ1) is 10.8. The Balaban J connectivity index is 2.11. The summed E-state index contributed by atoms with van der Waals surface area (Å²) in [6, 6.07) is 14.8. The topological polar surface area (TPSA) is 52.0 Å². The minimum Gasteiger partial charge on any atom is -0.330 e. The van der Waals surface area contributed by atoms with Crippen LogP contribution in [0.5, 0.6) is 0 Å². The van der Waals surface area contributed by atoms with Crippen molar-refractivity contribution in [3.05, 3.63) is 48.0 Å². The first-order valence-corrected chi connectivity index (χ1v) is 6.20. The van der Waals surface area contributed by atoms with Crippen molar-refractivity contribution in [1.29, 1.82) is 0 Å². The molecule has 1 atom stereocenters. The number of fused-ring (bicyclic) bond motifs is 1. The van der Waals surface area contributed by atoms with Gasteiger partial charge in [0.2, 0.25) is 0 Å². The molecular weight excluding hydrogens is 208 g/mol. The van der Waals surface area contributed by atoms with E-state index < -0.39 is 0 Å². The first-order valence-electron chi connectivity index (χ1n) is 6.20. The number of hydrogen-bond acceptors (Lipinski definition) is 2. The van der Waals surface area contributed by atoms with Crippen molar-refractivity contribution in [2.75, 3.05) is 6.54 Å². The standard InChI is InChI=1S/C15H18N2/c16-10-15(8-9-15)14(17)13-7-3-5-11-4-1-2-6-12(11)13/h1-7,14H,8-10,16-17H2. The van der Waals surface area contributed by atoms with Crippen LogP contribution in [0.1, 0.15) is 24.4 Å². The maximum Gasteiger partial charge on any atom is 0.0370 e. The van der Waals surface area contributed by atoms with E-state index in [2.05, 4.69) is 42.5 Å². The van der Waals surface area contributed by atoms with Gasteiger partial charge in [-0.2, -0.15) is 0 Å². The maximum atomic E-state index is 6.43. The largest absolute Gasteiger partial charge is 0.330 e. The molecule has 1 unspecified atom stereocenters. The molecule has 1 aliphatic rings. The molecule has 0 amide bonds. The van der Waals surface area contributed by atoms with E-state index in [0.717, 1.165) is 12.8 Å². The number of nitrogens with two attached hydrogens (primary N) is 2. The lowest BCUT2D eigenvalue weighted by molar-refractivity contribution is 0.421. The molecule has 1 aliphatic carbocycles. The molecule has 2 heteroatoms. The predicted molar refractivity (Wildman–Crippen MR) is 71.6 cm³/mol. The zero-order valence-corrected chi connectivity index (χ0v) is 9.89. The molecule has 0 spiro atoms. The molecule has 0 saturated heterocycles. The molecule has 2 nitrogen and oxygen atoms in total. The Morgan fingerprint density at radius 1 is 1.06 bits per heavy atom. The molecule has 0 aromatic heterocycles. The average molecular weight is 226 g/mol. The summed E-state index contributed by atoms with van der Waals surface area (Å²) in [5.74, 6) is 0. The fraction of sp³-hybridized carbons (Fsp3) is 0.333. The highest BCUT2D eigenvalue weighted by molar-refractivity contribution is 5.86. The summed E-state index contributed by atoms with van der Waals surface area (Å²) in [4.78, 5) is 0. The fourth-order valence-electron chi connectivity index (χ4n) is 2.65. The molecular formula is C15H18N2. The van der Waals surface area contributed by atoms with Crippen LogP contribution >= 0.6 is 0 Å². The van der Waals surface area contributed by atoms with E-state index in [-0.39, 0.29) is 11.5 Å². The van der Waals surface area contributed by atoms with Crippen molar-refractivity contribution < 1.29 is 0 Å². The van der Waals surface area contributed by atoms with Crippen LogP contribution in [0.25, 0.3) is 10.8 Å². The summed E-state index contributed by atoms with van der Waals surface area (Å²) in [7, 11) is 0. The second-order valence-electron chi connectivity index (χ2n) is 5.11. The van der Waals surface area contributed by atoms with Gasteiger partial charge in [-0.25, -0.2) is 0 Å². The number of benzene rings is 2. The van der Waals surface area contributed by atoms with Gasteiger partial charge >= 0.3 is 0 Å². The summed E-state index contributed by atoms with van der Waals surface area (Å²) in [6.45, 7) is 0.692. The second kappa shape index (κ2) is 3.83. The van der Waals surface area contributed by atoms with E-state index in [1.54, 1.807) is 0 Å². The Labute approximate surface area is 102 Å². The van der Waals surface area contributed by atoms with Gasteiger partial charge in [-0.1, -0.05) is 42.5 Å². The maximum absolute atomic E-state index is 6.43. The molecule has 0 aliphatic heterocycles. The lowest BCUT2D eigenvalue weighted by Crippen LogP contribution is -2.29. The van der Waals surface area contributed by atoms with Crippen LogP contribution in [-0.4, -0.2) is 6.54 Å². The van der Waals surface area contributed by atoms with Crippen LogP contribution in [0.2, 0.25) is 0 Å². The first-order chi connectivity index (χ1) is 8.27. The van der Waals surface area contributed by atoms with Crippen molar-refractivity contribution in [3.63, 3.8) is 0 Å². The summed E-state index contributed by atoms with van der Waals surface area (Å²) in [6.07, 6.45) is 2.32. The van der Waals surface area contributed by atoms with E-state index >= 15 is 0 Å². The highest BCUT2D eigenvalue weighted by Gasteiger charge is 2.47. The molecule has 0 bridgehead atoms. The van der Waals surface area contributed by atoms with Crippen LogP contribution in [0.3, 0.4) is 0 Å². The van der Waals surface area contributed by atoms with Crippen LogP contribution in [0.15, 0.2) is 42.5 Å². The van der Waals surface area contributed by atoms with Gasteiger partial charge in [-0.15, -0.1) is 0 Å². The van der Waals surface area contributed by atoms with E-state index in [0.29, 0.717) is 6.54 Å². The Hall–Kier alpha value is -1.38. The minimum absolute atomic E-state index is 0.0681. The van der Waals surface area contributed by atoms with Crippen molar-refractivity contribution in [2.24, 2.45) is 16.9 Å². The van der Waals surface area contributed by atoms with Crippen molar-refractivity contribution >= 4 is 10.8 Å². The molecule has 88 valence electrons. The van der Waals surface area contributed by atoms with Crippen LogP contribution in [-0.2, 0) is 0 Å². The van der Waals surface area contributed by atoms with Gasteiger partial charge in [-0.05, 0) is 35.7 Å². The molecule has 0 heterocycles. The molecule has 2 aromatic rings. The monoisotopic (exact) mass is 226 g/mol. The summed E-state index contributed by atoms with van der Waals surface area (Å²) in [5, 5.41) is 2.52. The molecule has 17 heavy (non-hydrogen) atoms. The van der Waals surface area contributed by atoms with Crippen LogP contribution < -0.4 is 11.5 Å². The normalized spacial score (nSPS) is 19.2. The van der Waals surface area contributed by atoms with Gasteiger partial charge in [-0.3, -0.25) is 0 Å². The van der Waals surface area contributed by atoms with Crippen molar-refractivity contribution in [2.45, 2.75) is 18.9 Å². The van der Waals surface area contributed by atoms with Crippen LogP contribution in [0.4, 0.5) is 0 Å². The minimum atomic E-state index is 0.0681. The van der Waals surface area contributed by atoms with Gasteiger partial charge in [0.05, 0.1) is 0 Å². The van der Waals surface area contributed by atoms with E-state index in [1.807, 2.05) is 0 Å². The summed E-state index contributed by atoms with van der Waals surface area (Å²) >= 11 is 0. The Morgan fingerprint density at radius 3 is 2.47 bits per heavy atom. The van der Waals surface area contributed by atoms with E-state index in [1.165, 1.54) is 16.3 Å². The second-order valence-corrected chi connectivity index (χ2v) is 5.11. The smallest absolute Gasteiger partial charge is 0.0370 e. The highest BCUT2D eigenvalue weighted by atomic mass is 14.8. The summed E-state index contributed by atoms with van der Waals surface area (Å²) in [5.41, 5.74) is 13.7. The zero-order valence-electron chi connectivity index (χ0n) is 9.89. The van der Waals surface area contributed by atoms with E-state index in [4.69, 9.17) is 11.5 Å². The van der Waals surface area contributed by atoms with Gasteiger partial charge in [0.15, 0.2) is 0 Å². The van der Waals surface area contributed by atoms with Gasteiger partial charge < -0.3 is 11.5 Å². The average Bonchev–Trinajstić information content (AvgIpc) is 3.18. The summed E-state index contributed by atoms with van der Waals surface area (Å²) < 4.78 is 0. The molecule has 2 aromatic carbocycles. The third kappa shape index (κ3) is 1.65. The lowest BCUT2D eigenvalue weighted by Gasteiger charge is -2.23. The number of hydrogen-bond donors (Lipinski definition) is 2. The predicted octanol–water partition coefficient (Wildman–Crippen LogP) is 2.58. The SMILES string of the molecule is NCC1(C(N)c2cccc3ccccc23)CC1. The Kier molecular flexibility index (Phi) is 2.42. The van der Waals surface area contributed by atoms with Crippen molar-refractivity contribution in [3.8, 4) is 0 Å². The van der Waals surface area contributed by atoms with Gasteiger partial charge in [0.1, 0.15) is 0 Å². The molecule has 4 N–H and O–H groups in total. The fourth-order valence-corrected chi connectivity index (χ4v) is 2.65. The zero-order chi connectivity index (χ0) is 11.9. The third-order valence-electron chi connectivity index (χ3n) is 4.12. The van der Waals surface area contributed by atoms with Crippen LogP contribution in [0, 0.1) is 5.41 Å². The van der Waals surface area contributed by atoms with E-state index in [9.17, 15) is 0 Å². The molecule has 1 saturated carbocycles. The third-order valence-corrected chi connectivity index (χ3v) is 4.12. The molecule has 1 fully saturated rings. The molecule has 3 rings (SSSR count). The molecule has 0 radical (unpaired) electrons. The highest BCUT2D eigenvalue weighted by Crippen LogP contribution is 2.53. The van der Waals surface area contributed by atoms with Crippen molar-refractivity contribution in [1.82, 2.24) is 0 Å². The Morgan fingerprint density at radius 2 is 1.76 bits per heavy atom. The van der Waals surface area contributed by atoms with Gasteiger partial charge in [0, 0.05) is 11.5 Å².